The van der Waals surface area contributed by atoms with E-state index in [1.807, 2.05) is 0 Å². The lowest BCUT2D eigenvalue weighted by molar-refractivity contribution is -0.141. The third-order valence-corrected chi connectivity index (χ3v) is 3.91. The van der Waals surface area contributed by atoms with Gasteiger partial charge in [-0.3, -0.25) is 38.4 Å². The summed E-state index contributed by atoms with van der Waals surface area (Å²) in [5.74, 6) is -8.12. The molecule has 0 unspecified atom stereocenters. The minimum absolute atomic E-state index is 0.278. The standard InChI is InChI=1S/C6H14N2O2.C4H9NO3.C3H7NO3.2C3H7NO2.3C2H5NO2/c7-4-2-1-3-5(8)6(9)10;1-2(6)3(5)4(7)8;4-2(1-5)3(6)7;2*1-2(4)3(5)6;3*3-1-2(4)5/h5H,1-4,7-8H2,(H,9,10);2-3,6H,5H2,1H3,(H,7,8);2,5H,1,4H2,(H,6,7);2*2H,4H2,1H3,(H,5,6);3*1,3H2,(H,4,5)/t5-;2-,3+;3*2-;;;/m01000.../s1. The molecule has 0 aromatic rings. The monoisotopic (exact) mass is 773 g/mol. The Labute approximate surface area is 298 Å². The van der Waals surface area contributed by atoms with Gasteiger partial charge in [0.05, 0.1) is 32.3 Å². The van der Waals surface area contributed by atoms with Gasteiger partial charge >= 0.3 is 47.8 Å². The molecule has 0 aliphatic heterocycles. The highest BCUT2D eigenvalue weighted by Gasteiger charge is 2.16. The number of nitrogens with two attached hydrogens (primary N) is 9. The summed E-state index contributed by atoms with van der Waals surface area (Å²) >= 11 is 0. The second kappa shape index (κ2) is 46.3. The van der Waals surface area contributed by atoms with E-state index in [2.05, 4.69) is 17.2 Å². The van der Waals surface area contributed by atoms with Crippen LogP contribution in [0.1, 0.15) is 40.0 Å². The van der Waals surface area contributed by atoms with Crippen molar-refractivity contribution in [2.75, 3.05) is 32.8 Å². The van der Waals surface area contributed by atoms with Crippen molar-refractivity contribution in [2.45, 2.75) is 76.3 Å². The molecule has 27 nitrogen and oxygen atoms in total. The van der Waals surface area contributed by atoms with E-state index >= 15 is 0 Å². The molecule has 0 aliphatic carbocycles. The zero-order chi connectivity index (χ0) is 43.7. The minimum Gasteiger partial charge on any atom is -0.480 e. The first-order chi connectivity index (χ1) is 23.5. The molecule has 52 heavy (non-hydrogen) atoms. The van der Waals surface area contributed by atoms with E-state index < -0.39 is 90.7 Å². The van der Waals surface area contributed by atoms with Gasteiger partial charge in [-0.15, -0.1) is 0 Å². The maximum Gasteiger partial charge on any atom is 0.323 e. The Hall–Kier alpha value is -4.68. The molecule has 0 saturated heterocycles. The molecule has 0 aromatic carbocycles. The number of carbonyl (C=O) groups is 8. The lowest BCUT2D eigenvalue weighted by atomic mass is 10.1. The Morgan fingerprint density at radius 1 is 0.481 bits per heavy atom. The molecule has 0 saturated carbocycles. The number of rotatable bonds is 14. The molecule has 6 atom stereocenters. The molecular formula is C25H59N9O18. The van der Waals surface area contributed by atoms with Crippen molar-refractivity contribution >= 4 is 47.8 Å². The predicted octanol–water partition coefficient (Wildman–Crippen LogP) is -7.38. The Morgan fingerprint density at radius 3 is 0.808 bits per heavy atom. The number of aliphatic hydroxyl groups excluding tert-OH is 2. The largest absolute Gasteiger partial charge is 0.480 e. The molecule has 0 radical (unpaired) electrons. The number of hydrogen-bond donors (Lipinski definition) is 19. The van der Waals surface area contributed by atoms with Crippen LogP contribution in [0.2, 0.25) is 0 Å². The van der Waals surface area contributed by atoms with Gasteiger partial charge in [0.25, 0.3) is 0 Å². The van der Waals surface area contributed by atoms with Gasteiger partial charge in [0, 0.05) is 0 Å². The smallest absolute Gasteiger partial charge is 0.323 e. The summed E-state index contributed by atoms with van der Waals surface area (Å²) in [4.78, 5) is 76.5. The van der Waals surface area contributed by atoms with Crippen molar-refractivity contribution in [2.24, 2.45) is 51.6 Å². The highest BCUT2D eigenvalue weighted by molar-refractivity contribution is 5.74. The highest BCUT2D eigenvalue weighted by Crippen LogP contribution is 1.97. The molecule has 28 N–H and O–H groups in total. The normalized spacial score (nSPS) is 12.3. The SMILES string of the molecule is C[C@@H](O)[C@H](N)C(=O)O.C[C@H](N)C(=O)O.C[C@H](N)C(=O)O.NCC(=O)O.NCC(=O)O.NCC(=O)O.NCCCC[C@H](N)C(=O)O.N[C@@H](CO)C(=O)O. The Balaban J connectivity index is -0.0000000718. The molecule has 0 spiro atoms. The topological polar surface area (TPSA) is 573 Å². The van der Waals surface area contributed by atoms with Crippen LogP contribution in [0.4, 0.5) is 0 Å². The maximum absolute atomic E-state index is 10.1. The summed E-state index contributed by atoms with van der Waals surface area (Å²) in [6.07, 6.45) is 1.18. The molecule has 0 rings (SSSR count). The fourth-order valence-corrected chi connectivity index (χ4v) is 0.916. The summed E-state index contributed by atoms with van der Waals surface area (Å²) < 4.78 is 0. The van der Waals surface area contributed by atoms with Crippen LogP contribution < -0.4 is 51.6 Å². The van der Waals surface area contributed by atoms with Gasteiger partial charge in [0.15, 0.2) is 0 Å². The van der Waals surface area contributed by atoms with Crippen LogP contribution in [0.25, 0.3) is 0 Å². The quantitative estimate of drug-likeness (QED) is 0.0729. The van der Waals surface area contributed by atoms with Crippen LogP contribution in [-0.2, 0) is 38.4 Å². The van der Waals surface area contributed by atoms with E-state index in [9.17, 15) is 38.4 Å². The van der Waals surface area contributed by atoms with E-state index in [1.165, 1.54) is 20.8 Å². The number of aliphatic carboxylic acids is 8. The lowest BCUT2D eigenvalue weighted by Crippen LogP contribution is -2.39. The van der Waals surface area contributed by atoms with Crippen LogP contribution in [0, 0.1) is 0 Å². The summed E-state index contributed by atoms with van der Waals surface area (Å²) in [5.41, 5.74) is 43.5. The van der Waals surface area contributed by atoms with Crippen LogP contribution in [-0.4, -0.2) is 168 Å². The third kappa shape index (κ3) is 85.2. The number of hydrogen-bond acceptors (Lipinski definition) is 19. The minimum atomic E-state index is -1.18. The molecule has 0 aromatic heterocycles. The number of aliphatic hydroxyl groups is 2. The molecule has 0 fully saturated rings. The van der Waals surface area contributed by atoms with Crippen molar-refractivity contribution in [3.63, 3.8) is 0 Å². The molecule has 27 heteroatoms. The van der Waals surface area contributed by atoms with E-state index in [-0.39, 0.29) is 19.6 Å². The van der Waals surface area contributed by atoms with Crippen LogP contribution in [0.15, 0.2) is 0 Å². The zero-order valence-electron chi connectivity index (χ0n) is 29.1. The first kappa shape index (κ1) is 65.7. The average molecular weight is 774 g/mol. The lowest BCUT2D eigenvalue weighted by Gasteiger charge is -2.06. The molecule has 0 bridgehead atoms. The Morgan fingerprint density at radius 2 is 0.731 bits per heavy atom. The molecule has 0 aliphatic rings. The predicted molar refractivity (Wildman–Crippen MR) is 181 cm³/mol. The first-order valence-electron chi connectivity index (χ1n) is 14.2. The second-order valence-electron chi connectivity index (χ2n) is 9.01. The van der Waals surface area contributed by atoms with Crippen molar-refractivity contribution in [3.8, 4) is 0 Å². The number of unbranched alkanes of at least 4 members (excludes halogenated alkanes) is 1. The van der Waals surface area contributed by atoms with E-state index in [0.717, 1.165) is 12.8 Å². The summed E-state index contributed by atoms with van der Waals surface area (Å²) in [6, 6.07) is -4.46. The summed E-state index contributed by atoms with van der Waals surface area (Å²) in [6.45, 7) is 3.44. The maximum atomic E-state index is 10.1. The highest BCUT2D eigenvalue weighted by atomic mass is 16.4. The van der Waals surface area contributed by atoms with Crippen LogP contribution in [0.5, 0.6) is 0 Å². The van der Waals surface area contributed by atoms with Crippen molar-refractivity contribution < 1.29 is 89.4 Å². The Kier molecular flexibility index (Phi) is 58.5. The van der Waals surface area contributed by atoms with Gasteiger partial charge in [-0.25, -0.2) is 0 Å². The molecule has 0 heterocycles. The third-order valence-electron chi connectivity index (χ3n) is 3.91. The van der Waals surface area contributed by atoms with Gasteiger partial charge in [-0.05, 0) is 40.2 Å². The van der Waals surface area contributed by atoms with Gasteiger partial charge < -0.3 is 103 Å². The zero-order valence-corrected chi connectivity index (χ0v) is 29.1. The first-order valence-corrected chi connectivity index (χ1v) is 14.2. The van der Waals surface area contributed by atoms with Gasteiger partial charge in [-0.2, -0.15) is 0 Å². The van der Waals surface area contributed by atoms with Gasteiger partial charge in [0.2, 0.25) is 0 Å². The second-order valence-corrected chi connectivity index (χ2v) is 9.01. The molecular weight excluding hydrogens is 714 g/mol. The van der Waals surface area contributed by atoms with E-state index in [4.69, 9.17) is 85.5 Å². The van der Waals surface area contributed by atoms with Crippen LogP contribution in [0.3, 0.4) is 0 Å². The fourth-order valence-electron chi connectivity index (χ4n) is 0.916. The Bertz CT molecular complexity index is 906. The van der Waals surface area contributed by atoms with E-state index in [0.29, 0.717) is 13.0 Å². The molecule has 0 amide bonds. The van der Waals surface area contributed by atoms with Gasteiger partial charge in [-0.1, -0.05) is 6.42 Å². The van der Waals surface area contributed by atoms with Crippen molar-refractivity contribution in [1.29, 1.82) is 0 Å². The molecule has 312 valence electrons. The fraction of sp³-hybridized carbons (Fsp3) is 0.680. The van der Waals surface area contributed by atoms with Crippen LogP contribution >= 0.6 is 0 Å². The van der Waals surface area contributed by atoms with Crippen molar-refractivity contribution in [1.82, 2.24) is 0 Å². The van der Waals surface area contributed by atoms with Crippen molar-refractivity contribution in [3.05, 3.63) is 0 Å². The summed E-state index contributed by atoms with van der Waals surface area (Å²) in [5, 5.41) is 79.3. The average Bonchev–Trinajstić information content (AvgIpc) is 3.05. The van der Waals surface area contributed by atoms with E-state index in [1.54, 1.807) is 0 Å². The summed E-state index contributed by atoms with van der Waals surface area (Å²) in [7, 11) is 0. The number of carboxylic acids is 8. The number of carboxylic acid groups (broad SMARTS) is 8. The van der Waals surface area contributed by atoms with Gasteiger partial charge in [0.1, 0.15) is 30.2 Å².